The Hall–Kier alpha value is -2.48. The van der Waals surface area contributed by atoms with E-state index in [4.69, 9.17) is 5.84 Å². The first kappa shape index (κ1) is 13.0. The van der Waals surface area contributed by atoms with Crippen LogP contribution in [0.1, 0.15) is 22.0 Å². The second kappa shape index (κ2) is 5.44. The smallest absolute Gasteiger partial charge is 0.270 e. The molecule has 0 bridgehead atoms. The van der Waals surface area contributed by atoms with Crippen LogP contribution >= 0.6 is 0 Å². The molecule has 100 valence electrons. The van der Waals surface area contributed by atoms with Crippen molar-refractivity contribution in [3.05, 3.63) is 35.7 Å². The molecule has 19 heavy (non-hydrogen) atoms. The van der Waals surface area contributed by atoms with E-state index >= 15 is 0 Å². The quantitative estimate of drug-likeness (QED) is 0.516. The molecule has 2 rings (SSSR count). The number of carbonyl (C=O) groups is 1. The minimum atomic E-state index is -0.301. The van der Waals surface area contributed by atoms with Crippen LogP contribution in [0.3, 0.4) is 0 Å². The van der Waals surface area contributed by atoms with Gasteiger partial charge in [-0.1, -0.05) is 0 Å². The predicted molar refractivity (Wildman–Crippen MR) is 69.0 cm³/mol. The largest absolute Gasteiger partial charge is 0.343 e. The average Bonchev–Trinajstić information content (AvgIpc) is 2.80. The van der Waals surface area contributed by atoms with Crippen molar-refractivity contribution < 1.29 is 4.79 Å². The van der Waals surface area contributed by atoms with Crippen LogP contribution in [0.5, 0.6) is 0 Å². The molecule has 0 atom stereocenters. The minimum absolute atomic E-state index is 0.210. The first-order valence-electron chi connectivity index (χ1n) is 5.67. The Kier molecular flexibility index (Phi) is 3.71. The molecule has 0 aliphatic rings. The van der Waals surface area contributed by atoms with Crippen LogP contribution in [-0.4, -0.2) is 25.4 Å². The molecule has 8 heteroatoms. The van der Waals surface area contributed by atoms with Gasteiger partial charge in [0.2, 0.25) is 5.95 Å². The van der Waals surface area contributed by atoms with Crippen molar-refractivity contribution in [1.82, 2.24) is 24.8 Å². The van der Waals surface area contributed by atoms with Gasteiger partial charge in [-0.3, -0.25) is 10.2 Å². The summed E-state index contributed by atoms with van der Waals surface area (Å²) < 4.78 is 1.83. The van der Waals surface area contributed by atoms with Gasteiger partial charge in [0.05, 0.1) is 6.54 Å². The average molecular weight is 261 g/mol. The fourth-order valence-corrected chi connectivity index (χ4v) is 1.57. The number of hydrazine groups is 1. The number of hydrogen-bond acceptors (Lipinski definition) is 6. The molecule has 0 saturated heterocycles. The Morgan fingerprint density at radius 3 is 2.89 bits per heavy atom. The van der Waals surface area contributed by atoms with Gasteiger partial charge in [0.1, 0.15) is 11.5 Å². The van der Waals surface area contributed by atoms with Crippen LogP contribution in [0.15, 0.2) is 18.5 Å². The van der Waals surface area contributed by atoms with Crippen LogP contribution < -0.4 is 16.6 Å². The zero-order valence-electron chi connectivity index (χ0n) is 10.7. The molecular weight excluding hydrogens is 246 g/mol. The highest BCUT2D eigenvalue weighted by atomic mass is 16.1. The standard InChI is InChI=1S/C11H15N7O/c1-7-5-8(16-11(15-7)17-12)10(19)14-6-9-13-3-4-18(9)2/h3-5H,6,12H2,1-2H3,(H,14,19)(H,15,16,17). The minimum Gasteiger partial charge on any atom is -0.343 e. The number of imidazole rings is 1. The van der Waals surface area contributed by atoms with E-state index in [1.807, 2.05) is 17.8 Å². The number of nitrogens with zero attached hydrogens (tertiary/aromatic N) is 4. The zero-order valence-corrected chi connectivity index (χ0v) is 10.7. The van der Waals surface area contributed by atoms with Crippen molar-refractivity contribution in [1.29, 1.82) is 0 Å². The third-order valence-corrected chi connectivity index (χ3v) is 2.54. The third-order valence-electron chi connectivity index (χ3n) is 2.54. The second-order valence-electron chi connectivity index (χ2n) is 4.00. The van der Waals surface area contributed by atoms with E-state index in [9.17, 15) is 4.79 Å². The van der Waals surface area contributed by atoms with E-state index in [0.717, 1.165) is 5.82 Å². The summed E-state index contributed by atoms with van der Waals surface area (Å²) in [6, 6.07) is 1.59. The van der Waals surface area contributed by atoms with Crippen molar-refractivity contribution in [2.24, 2.45) is 12.9 Å². The van der Waals surface area contributed by atoms with Crippen LogP contribution in [-0.2, 0) is 13.6 Å². The lowest BCUT2D eigenvalue weighted by molar-refractivity contribution is 0.0944. The normalized spacial score (nSPS) is 10.3. The highest BCUT2D eigenvalue weighted by Gasteiger charge is 2.10. The molecule has 0 aliphatic heterocycles. The summed E-state index contributed by atoms with van der Waals surface area (Å²) >= 11 is 0. The molecule has 0 saturated carbocycles. The molecule has 4 N–H and O–H groups in total. The summed E-state index contributed by atoms with van der Waals surface area (Å²) in [6.07, 6.45) is 3.49. The Bertz CT molecular complexity index is 592. The lowest BCUT2D eigenvalue weighted by atomic mass is 10.3. The van der Waals surface area contributed by atoms with Crippen LogP contribution in [0.4, 0.5) is 5.95 Å². The van der Waals surface area contributed by atoms with Crippen molar-refractivity contribution in [3.8, 4) is 0 Å². The summed E-state index contributed by atoms with van der Waals surface area (Å²) in [5.41, 5.74) is 3.24. The lowest BCUT2D eigenvalue weighted by Gasteiger charge is -2.07. The van der Waals surface area contributed by atoms with Gasteiger partial charge < -0.3 is 9.88 Å². The van der Waals surface area contributed by atoms with Crippen molar-refractivity contribution in [3.63, 3.8) is 0 Å². The van der Waals surface area contributed by atoms with E-state index in [1.165, 1.54) is 0 Å². The molecular formula is C11H15N7O. The maximum Gasteiger partial charge on any atom is 0.270 e. The van der Waals surface area contributed by atoms with Gasteiger partial charge in [-0.05, 0) is 13.0 Å². The molecule has 2 aromatic heterocycles. The first-order chi connectivity index (χ1) is 9.10. The number of aromatic nitrogens is 4. The van der Waals surface area contributed by atoms with Gasteiger partial charge in [-0.25, -0.2) is 20.8 Å². The fourth-order valence-electron chi connectivity index (χ4n) is 1.57. The van der Waals surface area contributed by atoms with Crippen LogP contribution in [0.25, 0.3) is 0 Å². The number of aryl methyl sites for hydroxylation is 2. The summed E-state index contributed by atoms with van der Waals surface area (Å²) in [4.78, 5) is 24.1. The van der Waals surface area contributed by atoms with E-state index in [-0.39, 0.29) is 17.5 Å². The van der Waals surface area contributed by atoms with Gasteiger partial charge in [-0.2, -0.15) is 0 Å². The molecule has 2 heterocycles. The molecule has 0 radical (unpaired) electrons. The Labute approximate surface area is 110 Å². The van der Waals surface area contributed by atoms with Gasteiger partial charge in [0, 0.05) is 25.1 Å². The molecule has 0 fully saturated rings. The van der Waals surface area contributed by atoms with Crippen LogP contribution in [0, 0.1) is 6.92 Å². The van der Waals surface area contributed by atoms with Crippen molar-refractivity contribution >= 4 is 11.9 Å². The maximum atomic E-state index is 12.0. The predicted octanol–water partition coefficient (Wildman–Crippen LogP) is -0.266. The van der Waals surface area contributed by atoms with Crippen molar-refractivity contribution in [2.75, 3.05) is 5.43 Å². The zero-order chi connectivity index (χ0) is 13.8. The number of carbonyl (C=O) groups excluding carboxylic acids is 1. The summed E-state index contributed by atoms with van der Waals surface area (Å²) in [6.45, 7) is 2.09. The maximum absolute atomic E-state index is 12.0. The molecule has 0 spiro atoms. The first-order valence-corrected chi connectivity index (χ1v) is 5.67. The van der Waals surface area contributed by atoms with Crippen molar-refractivity contribution in [2.45, 2.75) is 13.5 Å². The van der Waals surface area contributed by atoms with E-state index in [1.54, 1.807) is 19.2 Å². The summed E-state index contributed by atoms with van der Waals surface area (Å²) in [7, 11) is 1.86. The molecule has 0 aromatic carbocycles. The Morgan fingerprint density at radius 1 is 1.47 bits per heavy atom. The topological polar surface area (TPSA) is 111 Å². The van der Waals surface area contributed by atoms with Gasteiger partial charge in [0.25, 0.3) is 5.91 Å². The molecule has 2 aromatic rings. The number of amides is 1. The summed E-state index contributed by atoms with van der Waals surface area (Å²) in [5.74, 6) is 5.91. The van der Waals surface area contributed by atoms with Gasteiger partial charge in [-0.15, -0.1) is 0 Å². The second-order valence-corrected chi connectivity index (χ2v) is 4.00. The van der Waals surface area contributed by atoms with E-state index in [0.29, 0.717) is 12.2 Å². The lowest BCUT2D eigenvalue weighted by Crippen LogP contribution is -2.26. The molecule has 0 unspecified atom stereocenters. The number of hydrogen-bond donors (Lipinski definition) is 3. The Morgan fingerprint density at radius 2 is 2.26 bits per heavy atom. The number of anilines is 1. The molecule has 8 nitrogen and oxygen atoms in total. The number of nitrogens with one attached hydrogen (secondary N) is 2. The Balaban J connectivity index is 2.08. The molecule has 1 amide bonds. The number of nitrogen functional groups attached to an aromatic ring is 1. The number of rotatable bonds is 4. The SMILES string of the molecule is Cc1cc(C(=O)NCc2nccn2C)nc(NN)n1. The monoisotopic (exact) mass is 261 g/mol. The van der Waals surface area contributed by atoms with Gasteiger partial charge >= 0.3 is 0 Å². The highest BCUT2D eigenvalue weighted by molar-refractivity contribution is 5.92. The highest BCUT2D eigenvalue weighted by Crippen LogP contribution is 2.04. The number of nitrogens with two attached hydrogens (primary N) is 1. The van der Waals surface area contributed by atoms with Crippen LogP contribution in [0.2, 0.25) is 0 Å². The molecule has 0 aliphatic carbocycles. The van der Waals surface area contributed by atoms with E-state index < -0.39 is 0 Å². The van der Waals surface area contributed by atoms with E-state index in [2.05, 4.69) is 25.7 Å². The van der Waals surface area contributed by atoms with Gasteiger partial charge in [0.15, 0.2) is 0 Å². The fraction of sp³-hybridized carbons (Fsp3) is 0.273. The summed E-state index contributed by atoms with van der Waals surface area (Å²) in [5, 5.41) is 2.74. The third kappa shape index (κ3) is 3.05.